The van der Waals surface area contributed by atoms with Crippen molar-refractivity contribution >= 4 is 40.4 Å². The van der Waals surface area contributed by atoms with Crippen LogP contribution in [0.15, 0.2) is 52.9 Å². The number of fused-ring (bicyclic) bond motifs is 1. The number of aryl methyl sites for hydroxylation is 2. The number of hydrazine groups is 1. The summed E-state index contributed by atoms with van der Waals surface area (Å²) in [6.45, 7) is 11.8. The lowest BCUT2D eigenvalue weighted by Gasteiger charge is -2.16. The molecule has 4 aromatic rings. The second-order valence-electron chi connectivity index (χ2n) is 10.00. The molecule has 2 heterocycles. The van der Waals surface area contributed by atoms with Gasteiger partial charge in [0.05, 0.1) is 17.9 Å². The van der Waals surface area contributed by atoms with Crippen LogP contribution in [0.4, 0.5) is 17.5 Å². The number of carbonyl (C=O) groups is 2. The Bertz CT molecular complexity index is 1480. The second kappa shape index (κ2) is 12.0. The number of nitrogens with zero attached hydrogens (tertiary/aromatic N) is 2. The lowest BCUT2D eigenvalue weighted by atomic mass is 9.96. The van der Waals surface area contributed by atoms with Gasteiger partial charge in [-0.25, -0.2) is 4.79 Å². The predicted octanol–water partition coefficient (Wildman–Crippen LogP) is 6.21. The number of anilines is 3. The van der Waals surface area contributed by atoms with Gasteiger partial charge in [-0.2, -0.15) is 9.97 Å². The molecule has 39 heavy (non-hydrogen) atoms. The highest BCUT2D eigenvalue weighted by Crippen LogP contribution is 2.32. The highest BCUT2D eigenvalue weighted by Gasteiger charge is 2.26. The van der Waals surface area contributed by atoms with Crippen molar-refractivity contribution in [2.75, 3.05) is 17.3 Å². The highest BCUT2D eigenvalue weighted by molar-refractivity contribution is 6.08. The van der Waals surface area contributed by atoms with Gasteiger partial charge in [-0.05, 0) is 68.9 Å². The second-order valence-corrected chi connectivity index (χ2v) is 10.00. The van der Waals surface area contributed by atoms with Crippen molar-refractivity contribution in [1.82, 2.24) is 15.4 Å². The molecule has 2 aromatic heterocycles. The maximum Gasteiger partial charge on any atom is 0.342 e. The van der Waals surface area contributed by atoms with E-state index in [1.54, 1.807) is 13.8 Å². The summed E-state index contributed by atoms with van der Waals surface area (Å²) in [4.78, 5) is 34.9. The van der Waals surface area contributed by atoms with Crippen LogP contribution in [0.5, 0.6) is 0 Å². The molecule has 4 rings (SSSR count). The third kappa shape index (κ3) is 6.54. The van der Waals surface area contributed by atoms with E-state index in [1.807, 2.05) is 50.2 Å². The lowest BCUT2D eigenvalue weighted by Crippen LogP contribution is -2.33. The Morgan fingerprint density at radius 1 is 1.03 bits per heavy atom. The van der Waals surface area contributed by atoms with Gasteiger partial charge in [0.25, 0.3) is 0 Å². The molecule has 1 atom stereocenters. The molecule has 1 amide bonds. The minimum absolute atomic E-state index is 0.186. The number of esters is 1. The normalized spacial score (nSPS) is 11.9. The van der Waals surface area contributed by atoms with Gasteiger partial charge < -0.3 is 14.5 Å². The molecular weight excluding hydrogens is 494 g/mol. The Labute approximate surface area is 228 Å². The predicted molar refractivity (Wildman–Crippen MR) is 152 cm³/mol. The molecule has 0 spiro atoms. The maximum atomic E-state index is 13.1. The van der Waals surface area contributed by atoms with Crippen LogP contribution in [-0.4, -0.2) is 28.5 Å². The van der Waals surface area contributed by atoms with Gasteiger partial charge in [-0.3, -0.25) is 15.6 Å². The van der Waals surface area contributed by atoms with Crippen LogP contribution in [-0.2, 0) is 16.0 Å². The number of benzene rings is 2. The smallest absolute Gasteiger partial charge is 0.342 e. The van der Waals surface area contributed by atoms with E-state index in [4.69, 9.17) is 9.15 Å². The molecule has 0 aliphatic carbocycles. The molecule has 204 valence electrons. The topological polar surface area (TPSA) is 118 Å². The number of hydrogen-bond acceptors (Lipinski definition) is 8. The molecular formula is C30H35N5O4. The van der Waals surface area contributed by atoms with Crippen molar-refractivity contribution in [3.05, 3.63) is 76.5 Å². The van der Waals surface area contributed by atoms with Crippen molar-refractivity contribution < 1.29 is 18.7 Å². The number of amides is 1. The van der Waals surface area contributed by atoms with Crippen LogP contribution in [0, 0.1) is 19.8 Å². The van der Waals surface area contributed by atoms with E-state index in [0.29, 0.717) is 17.1 Å². The number of carbonyl (C=O) groups excluding carboxylic acids is 2. The van der Waals surface area contributed by atoms with E-state index in [9.17, 15) is 9.59 Å². The largest absolute Gasteiger partial charge is 0.462 e. The molecule has 0 saturated heterocycles. The first-order chi connectivity index (χ1) is 18.7. The summed E-state index contributed by atoms with van der Waals surface area (Å²) in [6.07, 6.45) is 0.984. The first-order valence-corrected chi connectivity index (χ1v) is 13.1. The zero-order chi connectivity index (χ0) is 28.1. The molecule has 2 aromatic carbocycles. The van der Waals surface area contributed by atoms with Gasteiger partial charge in [0.2, 0.25) is 17.6 Å². The van der Waals surface area contributed by atoms with Crippen molar-refractivity contribution in [2.45, 2.75) is 53.9 Å². The van der Waals surface area contributed by atoms with Crippen molar-refractivity contribution in [3.8, 4) is 0 Å². The van der Waals surface area contributed by atoms with E-state index in [0.717, 1.165) is 23.2 Å². The molecule has 0 saturated carbocycles. The summed E-state index contributed by atoms with van der Waals surface area (Å²) >= 11 is 0. The molecule has 3 N–H and O–H groups in total. The minimum atomic E-state index is -0.555. The van der Waals surface area contributed by atoms with Gasteiger partial charge in [0.15, 0.2) is 5.82 Å². The summed E-state index contributed by atoms with van der Waals surface area (Å²) in [5, 5.41) is 3.49. The van der Waals surface area contributed by atoms with Crippen molar-refractivity contribution in [1.29, 1.82) is 0 Å². The Hall–Kier alpha value is -4.40. The molecule has 0 bridgehead atoms. The first-order valence-electron chi connectivity index (χ1n) is 13.1. The van der Waals surface area contributed by atoms with Gasteiger partial charge in [0.1, 0.15) is 11.3 Å². The molecule has 0 radical (unpaired) electrons. The zero-order valence-electron chi connectivity index (χ0n) is 23.2. The lowest BCUT2D eigenvalue weighted by molar-refractivity contribution is -0.121. The summed E-state index contributed by atoms with van der Waals surface area (Å²) in [5.74, 6) is 0.107. The average Bonchev–Trinajstić information content (AvgIpc) is 3.22. The summed E-state index contributed by atoms with van der Waals surface area (Å²) in [5.41, 5.74) is 10.0. The molecule has 0 aliphatic rings. The molecule has 0 aliphatic heterocycles. The maximum absolute atomic E-state index is 13.1. The average molecular weight is 530 g/mol. The third-order valence-electron chi connectivity index (χ3n) is 6.30. The molecule has 1 unspecified atom stereocenters. The van der Waals surface area contributed by atoms with Crippen molar-refractivity contribution in [3.63, 3.8) is 0 Å². The van der Waals surface area contributed by atoms with E-state index in [1.165, 1.54) is 5.56 Å². The monoisotopic (exact) mass is 529 g/mol. The molecule has 0 fully saturated rings. The van der Waals surface area contributed by atoms with Gasteiger partial charge >= 0.3 is 5.97 Å². The van der Waals surface area contributed by atoms with E-state index < -0.39 is 11.9 Å². The SMILES string of the molecule is CCOC(=O)c1c(C)oc2nc(Nc3cccc(C)c3)nc(NNC(=O)C(C)c3ccc(CC(C)C)cc3)c12. The Morgan fingerprint density at radius 2 is 1.77 bits per heavy atom. The number of aromatic nitrogens is 2. The zero-order valence-corrected chi connectivity index (χ0v) is 23.2. The standard InChI is InChI=1S/C30H35N5O4/c1-7-38-29(37)24-20(6)39-28-25(24)26(32-30(33-28)31-23-10-8-9-18(4)16-23)34-35-27(36)19(5)22-13-11-21(12-14-22)15-17(2)3/h8-14,16-17,19H,7,15H2,1-6H3,(H,35,36)(H2,31,32,33,34). The fourth-order valence-electron chi connectivity index (χ4n) is 4.35. The Balaban J connectivity index is 1.62. The van der Waals surface area contributed by atoms with E-state index in [-0.39, 0.29) is 35.6 Å². The summed E-state index contributed by atoms with van der Waals surface area (Å²) < 4.78 is 11.1. The van der Waals surface area contributed by atoms with Crippen LogP contribution in [0.2, 0.25) is 0 Å². The number of ether oxygens (including phenoxy) is 1. The first kappa shape index (κ1) is 27.6. The molecule has 9 nitrogen and oxygen atoms in total. The van der Waals surface area contributed by atoms with Crippen LogP contribution in [0.25, 0.3) is 11.1 Å². The Morgan fingerprint density at radius 3 is 2.44 bits per heavy atom. The van der Waals surface area contributed by atoms with Crippen LogP contribution < -0.4 is 16.2 Å². The number of hydrogen-bond donors (Lipinski definition) is 3. The summed E-state index contributed by atoms with van der Waals surface area (Å²) in [7, 11) is 0. The number of nitrogens with one attached hydrogen (secondary N) is 3. The van der Waals surface area contributed by atoms with Crippen LogP contribution in [0.3, 0.4) is 0 Å². The number of rotatable bonds is 10. The highest BCUT2D eigenvalue weighted by atomic mass is 16.5. The van der Waals surface area contributed by atoms with E-state index in [2.05, 4.69) is 52.1 Å². The molecule has 9 heteroatoms. The van der Waals surface area contributed by atoms with Crippen LogP contribution >= 0.6 is 0 Å². The van der Waals surface area contributed by atoms with Crippen molar-refractivity contribution in [2.24, 2.45) is 5.92 Å². The van der Waals surface area contributed by atoms with Gasteiger partial charge in [0, 0.05) is 5.69 Å². The van der Waals surface area contributed by atoms with Crippen LogP contribution in [0.1, 0.15) is 66.4 Å². The minimum Gasteiger partial charge on any atom is -0.462 e. The van der Waals surface area contributed by atoms with Gasteiger partial charge in [-0.15, -0.1) is 0 Å². The van der Waals surface area contributed by atoms with Gasteiger partial charge in [-0.1, -0.05) is 50.2 Å². The Kier molecular flexibility index (Phi) is 8.49. The fraction of sp³-hybridized carbons (Fsp3) is 0.333. The number of furan rings is 1. The third-order valence-corrected chi connectivity index (χ3v) is 6.30. The quantitative estimate of drug-likeness (QED) is 0.164. The fourth-order valence-corrected chi connectivity index (χ4v) is 4.35. The van der Waals surface area contributed by atoms with E-state index >= 15 is 0 Å². The summed E-state index contributed by atoms with van der Waals surface area (Å²) in [6, 6.07) is 15.8.